The van der Waals surface area contributed by atoms with Gasteiger partial charge in [-0.3, -0.25) is 24.6 Å². The van der Waals surface area contributed by atoms with Crippen molar-refractivity contribution >= 4 is 35.1 Å². The van der Waals surface area contributed by atoms with E-state index in [0.717, 1.165) is 29.0 Å². The molecule has 2 heterocycles. The number of rotatable bonds is 5. The van der Waals surface area contributed by atoms with Gasteiger partial charge in [0.15, 0.2) is 0 Å². The first kappa shape index (κ1) is 18.6. The van der Waals surface area contributed by atoms with E-state index in [0.29, 0.717) is 25.8 Å². The molecular formula is C18H23N3O4S. The summed E-state index contributed by atoms with van der Waals surface area (Å²) in [6.07, 6.45) is 5.24. The number of thiophene rings is 1. The van der Waals surface area contributed by atoms with Crippen LogP contribution < -0.4 is 10.6 Å². The summed E-state index contributed by atoms with van der Waals surface area (Å²) in [6, 6.07) is 3.30. The van der Waals surface area contributed by atoms with Crippen molar-refractivity contribution in [3.05, 3.63) is 22.4 Å². The Morgan fingerprint density at radius 3 is 2.65 bits per heavy atom. The Morgan fingerprint density at radius 1 is 1.19 bits per heavy atom. The first-order chi connectivity index (χ1) is 12.5. The van der Waals surface area contributed by atoms with Crippen LogP contribution in [0.5, 0.6) is 0 Å². The molecule has 1 aromatic heterocycles. The van der Waals surface area contributed by atoms with Crippen LogP contribution in [0.3, 0.4) is 0 Å². The van der Waals surface area contributed by atoms with Crippen LogP contribution in [-0.2, 0) is 20.8 Å². The predicted molar refractivity (Wildman–Crippen MR) is 96.4 cm³/mol. The molecule has 0 aromatic carbocycles. The fourth-order valence-corrected chi connectivity index (χ4v) is 4.46. The Kier molecular flexibility index (Phi) is 5.70. The predicted octanol–water partition coefficient (Wildman–Crippen LogP) is 1.83. The van der Waals surface area contributed by atoms with E-state index in [4.69, 9.17) is 0 Å². The number of nitrogens with zero attached hydrogens (tertiary/aromatic N) is 1. The van der Waals surface area contributed by atoms with Gasteiger partial charge in [0.05, 0.1) is 5.41 Å². The highest BCUT2D eigenvalue weighted by molar-refractivity contribution is 7.09. The van der Waals surface area contributed by atoms with Crippen molar-refractivity contribution in [2.24, 2.45) is 5.41 Å². The number of urea groups is 1. The van der Waals surface area contributed by atoms with Crippen LogP contribution in [0, 0.1) is 5.41 Å². The summed E-state index contributed by atoms with van der Waals surface area (Å²) in [5, 5.41) is 6.75. The van der Waals surface area contributed by atoms with Gasteiger partial charge in [0.25, 0.3) is 0 Å². The van der Waals surface area contributed by atoms with Crippen molar-refractivity contribution in [1.82, 2.24) is 15.5 Å². The largest absolute Gasteiger partial charge is 0.337 e. The molecule has 2 N–H and O–H groups in total. The van der Waals surface area contributed by atoms with Gasteiger partial charge in [-0.1, -0.05) is 25.3 Å². The number of hydrogen-bond donors (Lipinski definition) is 2. The molecular weight excluding hydrogens is 354 g/mol. The zero-order chi connectivity index (χ0) is 18.6. The standard InChI is InChI=1S/C18H23N3O4S/c22-14(20-17(25)19-9-6-13-5-4-10-26-13)12-21-15(23)11-18(16(21)24)7-2-1-3-8-18/h4-5,10H,1-3,6-9,11-12H2,(H2,19,20,22,25). The molecule has 7 nitrogen and oxygen atoms in total. The molecule has 140 valence electrons. The highest BCUT2D eigenvalue weighted by Gasteiger charge is 2.51. The molecule has 0 unspecified atom stereocenters. The molecule has 1 aliphatic carbocycles. The second-order valence-corrected chi connectivity index (χ2v) is 7.97. The fraction of sp³-hybridized carbons (Fsp3) is 0.556. The lowest BCUT2D eigenvalue weighted by Crippen LogP contribution is -2.47. The molecule has 0 radical (unpaired) electrons. The lowest BCUT2D eigenvalue weighted by atomic mass is 9.73. The highest BCUT2D eigenvalue weighted by Crippen LogP contribution is 2.45. The molecule has 1 saturated carbocycles. The molecule has 5 amide bonds. The first-order valence-electron chi connectivity index (χ1n) is 8.95. The van der Waals surface area contributed by atoms with Crippen LogP contribution in [0.25, 0.3) is 0 Å². The van der Waals surface area contributed by atoms with E-state index in [1.807, 2.05) is 17.5 Å². The summed E-state index contributed by atoms with van der Waals surface area (Å²) in [7, 11) is 0. The number of amides is 5. The van der Waals surface area contributed by atoms with Crippen LogP contribution >= 0.6 is 11.3 Å². The smallest absolute Gasteiger partial charge is 0.321 e. The molecule has 1 aromatic rings. The van der Waals surface area contributed by atoms with Gasteiger partial charge in [-0.25, -0.2) is 4.79 Å². The molecule has 1 saturated heterocycles. The fourth-order valence-electron chi connectivity index (χ4n) is 3.75. The van der Waals surface area contributed by atoms with Crippen LogP contribution in [0.1, 0.15) is 43.4 Å². The summed E-state index contributed by atoms with van der Waals surface area (Å²) in [5.74, 6) is -1.21. The van der Waals surface area contributed by atoms with Crippen molar-refractivity contribution in [3.63, 3.8) is 0 Å². The minimum absolute atomic E-state index is 0.187. The molecule has 26 heavy (non-hydrogen) atoms. The van der Waals surface area contributed by atoms with E-state index in [9.17, 15) is 19.2 Å². The van der Waals surface area contributed by atoms with E-state index >= 15 is 0 Å². The van der Waals surface area contributed by atoms with Crippen molar-refractivity contribution in [2.75, 3.05) is 13.1 Å². The average Bonchev–Trinajstić information content (AvgIpc) is 3.19. The lowest BCUT2D eigenvalue weighted by Gasteiger charge is -2.30. The Labute approximate surface area is 156 Å². The van der Waals surface area contributed by atoms with Crippen LogP contribution in [0.2, 0.25) is 0 Å². The van der Waals surface area contributed by atoms with Gasteiger partial charge in [-0.2, -0.15) is 0 Å². The number of likely N-dealkylation sites (tertiary alicyclic amines) is 1. The maximum Gasteiger partial charge on any atom is 0.321 e. The van der Waals surface area contributed by atoms with Gasteiger partial charge in [0, 0.05) is 17.8 Å². The first-order valence-corrected chi connectivity index (χ1v) is 9.83. The molecule has 2 aliphatic rings. The molecule has 1 aliphatic heterocycles. The molecule has 0 atom stereocenters. The maximum absolute atomic E-state index is 12.6. The Balaban J connectivity index is 1.46. The number of carbonyl (C=O) groups is 4. The Bertz CT molecular complexity index is 695. The third kappa shape index (κ3) is 4.12. The number of hydrogen-bond acceptors (Lipinski definition) is 5. The Morgan fingerprint density at radius 2 is 1.96 bits per heavy atom. The van der Waals surface area contributed by atoms with Gasteiger partial charge in [-0.05, 0) is 30.7 Å². The van der Waals surface area contributed by atoms with Gasteiger partial charge >= 0.3 is 6.03 Å². The van der Waals surface area contributed by atoms with Gasteiger partial charge in [0.1, 0.15) is 6.54 Å². The summed E-state index contributed by atoms with van der Waals surface area (Å²) < 4.78 is 0. The molecule has 3 rings (SSSR count). The quantitative estimate of drug-likeness (QED) is 0.765. The Hall–Kier alpha value is -2.22. The van der Waals surface area contributed by atoms with Gasteiger partial charge < -0.3 is 5.32 Å². The summed E-state index contributed by atoms with van der Waals surface area (Å²) in [5.41, 5.74) is -0.613. The average molecular weight is 377 g/mol. The minimum atomic E-state index is -0.645. The van der Waals surface area contributed by atoms with Crippen molar-refractivity contribution in [2.45, 2.75) is 44.9 Å². The zero-order valence-corrected chi connectivity index (χ0v) is 15.4. The molecule has 1 spiro atoms. The van der Waals surface area contributed by atoms with Gasteiger partial charge in [-0.15, -0.1) is 11.3 Å². The summed E-state index contributed by atoms with van der Waals surface area (Å²) in [6.45, 7) is 0.0159. The van der Waals surface area contributed by atoms with Crippen molar-refractivity contribution in [1.29, 1.82) is 0 Å². The third-order valence-electron chi connectivity index (χ3n) is 5.09. The van der Waals surface area contributed by atoms with Crippen LogP contribution in [-0.4, -0.2) is 41.7 Å². The van der Waals surface area contributed by atoms with Crippen LogP contribution in [0.4, 0.5) is 4.79 Å². The third-order valence-corrected chi connectivity index (χ3v) is 6.03. The van der Waals surface area contributed by atoms with E-state index in [2.05, 4.69) is 10.6 Å². The lowest BCUT2D eigenvalue weighted by molar-refractivity contribution is -0.145. The summed E-state index contributed by atoms with van der Waals surface area (Å²) >= 11 is 1.60. The van der Waals surface area contributed by atoms with Crippen LogP contribution in [0.15, 0.2) is 17.5 Å². The van der Waals surface area contributed by atoms with E-state index in [1.54, 1.807) is 11.3 Å². The molecule has 0 bridgehead atoms. The monoisotopic (exact) mass is 377 g/mol. The topological polar surface area (TPSA) is 95.6 Å². The van der Waals surface area contributed by atoms with E-state index < -0.39 is 23.9 Å². The van der Waals surface area contributed by atoms with Crippen molar-refractivity contribution in [3.8, 4) is 0 Å². The maximum atomic E-state index is 12.6. The van der Waals surface area contributed by atoms with E-state index in [-0.39, 0.29) is 18.2 Å². The molecule has 2 fully saturated rings. The number of carbonyl (C=O) groups excluding carboxylic acids is 4. The second kappa shape index (κ2) is 7.99. The van der Waals surface area contributed by atoms with E-state index in [1.165, 1.54) is 0 Å². The number of imide groups is 2. The molecule has 8 heteroatoms. The second-order valence-electron chi connectivity index (χ2n) is 6.94. The minimum Gasteiger partial charge on any atom is -0.337 e. The zero-order valence-electron chi connectivity index (χ0n) is 14.6. The summed E-state index contributed by atoms with van der Waals surface area (Å²) in [4.78, 5) is 50.8. The highest BCUT2D eigenvalue weighted by atomic mass is 32.1. The normalized spacial score (nSPS) is 19.0. The van der Waals surface area contributed by atoms with Crippen molar-refractivity contribution < 1.29 is 19.2 Å². The number of nitrogens with one attached hydrogen (secondary N) is 2. The van der Waals surface area contributed by atoms with Gasteiger partial charge in [0.2, 0.25) is 17.7 Å². The SMILES string of the molecule is O=C(CN1C(=O)CC2(CCCCC2)C1=O)NC(=O)NCCc1cccs1.